The van der Waals surface area contributed by atoms with E-state index in [2.05, 4.69) is 19.2 Å². The predicted octanol–water partition coefficient (Wildman–Crippen LogP) is 8.49. The van der Waals surface area contributed by atoms with E-state index in [-0.39, 0.29) is 21.9 Å². The van der Waals surface area contributed by atoms with Crippen LogP contribution in [0.25, 0.3) is 0 Å². The standard InChI is InChI=1S/C33H36Cl2FNO4/c1-4-27(21-9-10-21)33(2,17-20-8-12-25(32(39)40)30(14-20)41-3)18-26(22-6-5-7-24(34)15-22)31(37-19-38)23-11-13-28(35)29(36)16-23/h5-8,11-16,19,21,26-27,31H,4,9-10,17-18H2,1-3H3,(H,37,38)(H,39,40)/t26-,27?,31?,33+/m1/s1. The van der Waals surface area contributed by atoms with E-state index < -0.39 is 17.8 Å². The first-order valence-electron chi connectivity index (χ1n) is 13.9. The average Bonchev–Trinajstić information content (AvgIpc) is 3.77. The number of nitrogens with one attached hydrogen (secondary N) is 1. The topological polar surface area (TPSA) is 75.6 Å². The Morgan fingerprint density at radius 1 is 1.15 bits per heavy atom. The zero-order chi connectivity index (χ0) is 29.7. The Labute approximate surface area is 251 Å². The Balaban J connectivity index is 1.83. The van der Waals surface area contributed by atoms with Crippen molar-refractivity contribution in [3.63, 3.8) is 0 Å². The van der Waals surface area contributed by atoms with Gasteiger partial charge >= 0.3 is 5.97 Å². The van der Waals surface area contributed by atoms with Crippen LogP contribution in [0.5, 0.6) is 5.75 Å². The summed E-state index contributed by atoms with van der Waals surface area (Å²) in [6.07, 6.45) is 5.26. The summed E-state index contributed by atoms with van der Waals surface area (Å²) < 4.78 is 20.1. The second-order valence-corrected chi connectivity index (χ2v) is 12.2. The van der Waals surface area contributed by atoms with Gasteiger partial charge in [0.05, 0.1) is 18.2 Å². The highest BCUT2D eigenvalue weighted by Gasteiger charge is 2.45. The van der Waals surface area contributed by atoms with E-state index in [1.807, 2.05) is 30.3 Å². The van der Waals surface area contributed by atoms with Crippen LogP contribution in [0.15, 0.2) is 60.7 Å². The molecule has 0 saturated heterocycles. The SMILES string of the molecule is CCC(C1CC1)[C@@](C)(Cc1ccc(C(=O)O)c(OC)c1)C[C@H](c1cccc(Cl)c1)C(NC=O)c1ccc(Cl)c(F)c1. The van der Waals surface area contributed by atoms with Crippen molar-refractivity contribution in [1.29, 1.82) is 0 Å². The minimum atomic E-state index is -1.04. The molecule has 3 aromatic rings. The van der Waals surface area contributed by atoms with Crippen molar-refractivity contribution in [2.24, 2.45) is 17.3 Å². The van der Waals surface area contributed by atoms with E-state index >= 15 is 0 Å². The van der Waals surface area contributed by atoms with Gasteiger partial charge in [-0.15, -0.1) is 0 Å². The molecule has 1 saturated carbocycles. The smallest absolute Gasteiger partial charge is 0.339 e. The van der Waals surface area contributed by atoms with Gasteiger partial charge in [0.2, 0.25) is 6.41 Å². The molecule has 1 fully saturated rings. The number of benzene rings is 3. The lowest BCUT2D eigenvalue weighted by atomic mass is 9.63. The monoisotopic (exact) mass is 599 g/mol. The highest BCUT2D eigenvalue weighted by molar-refractivity contribution is 6.31. The van der Waals surface area contributed by atoms with Gasteiger partial charge in [-0.25, -0.2) is 9.18 Å². The van der Waals surface area contributed by atoms with E-state index in [1.54, 1.807) is 18.2 Å². The van der Waals surface area contributed by atoms with Crippen LogP contribution in [0.2, 0.25) is 10.0 Å². The summed E-state index contributed by atoms with van der Waals surface area (Å²) in [6.45, 7) is 4.48. The van der Waals surface area contributed by atoms with Crippen LogP contribution in [0.1, 0.15) is 78.5 Å². The second kappa shape index (κ2) is 13.3. The Kier molecular flexibility index (Phi) is 9.98. The van der Waals surface area contributed by atoms with Crippen LogP contribution in [0, 0.1) is 23.1 Å². The van der Waals surface area contributed by atoms with E-state index in [9.17, 15) is 19.1 Å². The molecular weight excluding hydrogens is 564 g/mol. The van der Waals surface area contributed by atoms with Gasteiger partial charge in [-0.3, -0.25) is 4.79 Å². The van der Waals surface area contributed by atoms with Crippen molar-refractivity contribution in [3.8, 4) is 5.75 Å². The molecule has 8 heteroatoms. The number of carboxylic acids is 1. The van der Waals surface area contributed by atoms with Crippen molar-refractivity contribution < 1.29 is 23.8 Å². The number of ether oxygens (including phenoxy) is 1. The van der Waals surface area contributed by atoms with Gasteiger partial charge in [-0.05, 0) is 96.0 Å². The van der Waals surface area contributed by atoms with Crippen LogP contribution in [0.3, 0.4) is 0 Å². The van der Waals surface area contributed by atoms with Crippen molar-refractivity contribution in [2.45, 2.75) is 57.9 Å². The Morgan fingerprint density at radius 3 is 2.49 bits per heavy atom. The van der Waals surface area contributed by atoms with Crippen molar-refractivity contribution in [1.82, 2.24) is 5.32 Å². The number of aromatic carboxylic acids is 1. The number of carbonyl (C=O) groups excluding carboxylic acids is 1. The van der Waals surface area contributed by atoms with Crippen molar-refractivity contribution >= 4 is 35.6 Å². The lowest BCUT2D eigenvalue weighted by Crippen LogP contribution is -2.36. The molecule has 2 N–H and O–H groups in total. The third kappa shape index (κ3) is 7.22. The van der Waals surface area contributed by atoms with Crippen LogP contribution in [-0.2, 0) is 11.2 Å². The molecule has 4 atom stereocenters. The summed E-state index contributed by atoms with van der Waals surface area (Å²) in [6, 6.07) is 16.9. The van der Waals surface area contributed by atoms with Gasteiger partial charge in [-0.2, -0.15) is 0 Å². The molecule has 0 aromatic heterocycles. The molecule has 0 aliphatic heterocycles. The van der Waals surface area contributed by atoms with Gasteiger partial charge in [0.15, 0.2) is 0 Å². The minimum Gasteiger partial charge on any atom is -0.496 e. The highest BCUT2D eigenvalue weighted by atomic mass is 35.5. The molecule has 5 nitrogen and oxygen atoms in total. The maximum Gasteiger partial charge on any atom is 0.339 e. The summed E-state index contributed by atoms with van der Waals surface area (Å²) in [5, 5.41) is 13.2. The molecule has 2 unspecified atom stereocenters. The van der Waals surface area contributed by atoms with Gasteiger partial charge in [0, 0.05) is 10.9 Å². The van der Waals surface area contributed by atoms with Crippen molar-refractivity contribution in [3.05, 3.63) is 98.8 Å². The predicted molar refractivity (Wildman–Crippen MR) is 160 cm³/mol. The molecule has 41 heavy (non-hydrogen) atoms. The van der Waals surface area contributed by atoms with E-state index in [1.165, 1.54) is 19.2 Å². The number of hydrogen-bond donors (Lipinski definition) is 2. The summed E-state index contributed by atoms with van der Waals surface area (Å²) in [7, 11) is 1.47. The largest absolute Gasteiger partial charge is 0.496 e. The van der Waals surface area contributed by atoms with E-state index in [0.29, 0.717) is 47.4 Å². The number of rotatable bonds is 14. The summed E-state index contributed by atoms with van der Waals surface area (Å²) in [5.41, 5.74) is 2.35. The number of carboxylic acid groups (broad SMARTS) is 1. The van der Waals surface area contributed by atoms with E-state index in [4.69, 9.17) is 27.9 Å². The Bertz CT molecular complexity index is 1400. The maximum atomic E-state index is 14.7. The minimum absolute atomic E-state index is 0.0151. The number of carbonyl (C=O) groups is 2. The van der Waals surface area contributed by atoms with Crippen LogP contribution in [0.4, 0.5) is 4.39 Å². The van der Waals surface area contributed by atoms with Crippen LogP contribution >= 0.6 is 23.2 Å². The van der Waals surface area contributed by atoms with Gasteiger partial charge in [0.1, 0.15) is 17.1 Å². The normalized spacial score (nSPS) is 16.7. The summed E-state index contributed by atoms with van der Waals surface area (Å²) in [4.78, 5) is 23.7. The number of hydrogen-bond acceptors (Lipinski definition) is 3. The van der Waals surface area contributed by atoms with Gasteiger partial charge in [0.25, 0.3) is 0 Å². The van der Waals surface area contributed by atoms with Crippen molar-refractivity contribution in [2.75, 3.05) is 7.11 Å². The molecule has 1 aliphatic rings. The molecule has 4 rings (SSSR count). The fourth-order valence-electron chi connectivity index (χ4n) is 6.63. The first-order valence-corrected chi connectivity index (χ1v) is 14.7. The highest BCUT2D eigenvalue weighted by Crippen LogP contribution is 2.54. The first kappa shape index (κ1) is 30.9. The third-order valence-corrected chi connectivity index (χ3v) is 9.09. The third-order valence-electron chi connectivity index (χ3n) is 8.55. The zero-order valence-electron chi connectivity index (χ0n) is 23.5. The molecule has 1 aliphatic carbocycles. The fourth-order valence-corrected chi connectivity index (χ4v) is 6.94. The van der Waals surface area contributed by atoms with Crippen LogP contribution in [-0.4, -0.2) is 24.6 Å². The quantitative estimate of drug-likeness (QED) is 0.182. The molecule has 3 aromatic carbocycles. The maximum absolute atomic E-state index is 14.7. The lowest BCUT2D eigenvalue weighted by molar-refractivity contribution is -0.110. The Morgan fingerprint density at radius 2 is 1.90 bits per heavy atom. The lowest BCUT2D eigenvalue weighted by Gasteiger charge is -2.43. The number of methoxy groups -OCH3 is 1. The fraction of sp³-hybridized carbons (Fsp3) is 0.394. The molecule has 0 radical (unpaired) electrons. The average molecular weight is 601 g/mol. The first-order chi connectivity index (χ1) is 19.6. The molecule has 1 amide bonds. The molecule has 0 spiro atoms. The number of amides is 1. The Hall–Kier alpha value is -3.09. The molecule has 218 valence electrons. The van der Waals surface area contributed by atoms with Gasteiger partial charge in [-0.1, -0.05) is 67.7 Å². The molecule has 0 heterocycles. The zero-order valence-corrected chi connectivity index (χ0v) is 25.0. The number of halogens is 3. The van der Waals surface area contributed by atoms with Crippen LogP contribution < -0.4 is 10.1 Å². The second-order valence-electron chi connectivity index (χ2n) is 11.3. The molecule has 0 bridgehead atoms. The van der Waals surface area contributed by atoms with Gasteiger partial charge < -0.3 is 15.2 Å². The molecular formula is C33H36Cl2FNO4. The van der Waals surface area contributed by atoms with E-state index in [0.717, 1.165) is 30.4 Å². The summed E-state index contributed by atoms with van der Waals surface area (Å²) >= 11 is 12.5. The summed E-state index contributed by atoms with van der Waals surface area (Å²) in [5.74, 6) is -0.578.